The van der Waals surface area contributed by atoms with E-state index < -0.39 is 0 Å². The average molecular weight is 199 g/mol. The number of nitrogens with one attached hydrogen (secondary N) is 1. The van der Waals surface area contributed by atoms with E-state index in [0.29, 0.717) is 18.3 Å². The highest BCUT2D eigenvalue weighted by molar-refractivity contribution is 7.07. The maximum absolute atomic E-state index is 5.19. The molecule has 0 saturated carbocycles. The molecule has 0 aliphatic heterocycles. The normalized spacial score (nSPS) is 9.92. The summed E-state index contributed by atoms with van der Waals surface area (Å²) >= 11 is 1.28. The van der Waals surface area contributed by atoms with Crippen LogP contribution in [-0.4, -0.2) is 22.5 Å². The molecule has 1 rings (SSSR count). The van der Waals surface area contributed by atoms with Crippen LogP contribution < -0.4 is 10.1 Å². The smallest absolute Gasteiger partial charge is 0.293 e. The summed E-state index contributed by atoms with van der Waals surface area (Å²) < 4.78 is 9.31. The van der Waals surface area contributed by atoms with Crippen molar-refractivity contribution in [3.05, 3.63) is 18.5 Å². The van der Waals surface area contributed by atoms with Crippen molar-refractivity contribution in [2.45, 2.75) is 13.5 Å². The van der Waals surface area contributed by atoms with Crippen LogP contribution in [0.15, 0.2) is 12.7 Å². The molecule has 72 valence electrons. The lowest BCUT2D eigenvalue weighted by atomic mass is 10.5. The highest BCUT2D eigenvalue weighted by Gasteiger charge is 2.02. The van der Waals surface area contributed by atoms with Crippen molar-refractivity contribution in [3.63, 3.8) is 0 Å². The van der Waals surface area contributed by atoms with Crippen LogP contribution in [0.3, 0.4) is 0 Å². The first-order valence-electron chi connectivity index (χ1n) is 4.13. The summed E-state index contributed by atoms with van der Waals surface area (Å²) in [5.41, 5.74) is 0. The van der Waals surface area contributed by atoms with E-state index in [9.17, 15) is 0 Å². The van der Waals surface area contributed by atoms with E-state index in [4.69, 9.17) is 4.74 Å². The third-order valence-corrected chi connectivity index (χ3v) is 1.96. The van der Waals surface area contributed by atoms with E-state index in [1.165, 1.54) is 11.5 Å². The summed E-state index contributed by atoms with van der Waals surface area (Å²) in [5, 5.41) is 3.75. The van der Waals surface area contributed by atoms with Gasteiger partial charge in [-0.15, -0.1) is 6.58 Å². The van der Waals surface area contributed by atoms with Crippen molar-refractivity contribution in [2.24, 2.45) is 0 Å². The van der Waals surface area contributed by atoms with Gasteiger partial charge in [0.25, 0.3) is 5.19 Å². The molecule has 1 heterocycles. The fraction of sp³-hybridized carbons (Fsp3) is 0.500. The van der Waals surface area contributed by atoms with E-state index in [1.807, 2.05) is 6.92 Å². The zero-order valence-corrected chi connectivity index (χ0v) is 8.43. The highest BCUT2D eigenvalue weighted by atomic mass is 32.1. The van der Waals surface area contributed by atoms with Crippen LogP contribution in [0.5, 0.6) is 5.19 Å². The van der Waals surface area contributed by atoms with E-state index in [2.05, 4.69) is 21.3 Å². The highest BCUT2D eigenvalue weighted by Crippen LogP contribution is 2.13. The molecule has 1 aromatic rings. The van der Waals surface area contributed by atoms with E-state index in [1.54, 1.807) is 6.08 Å². The number of aromatic nitrogens is 2. The molecule has 0 fully saturated rings. The summed E-state index contributed by atoms with van der Waals surface area (Å²) in [4.78, 5) is 4.16. The predicted molar refractivity (Wildman–Crippen MR) is 53.0 cm³/mol. The Labute approximate surface area is 81.8 Å². The molecule has 0 aliphatic rings. The van der Waals surface area contributed by atoms with Crippen molar-refractivity contribution in [1.82, 2.24) is 14.7 Å². The number of hydrogen-bond acceptors (Lipinski definition) is 5. The molecule has 0 aliphatic carbocycles. The first-order chi connectivity index (χ1) is 6.36. The minimum atomic E-state index is 0.634. The standard InChI is InChI=1S/C8H13N3OS/c1-3-5-9-6-7-10-8(12-4-2)13-11-7/h3,9H,1,4-6H2,2H3. The summed E-state index contributed by atoms with van der Waals surface area (Å²) in [5.74, 6) is 0.773. The Hall–Kier alpha value is -0.940. The van der Waals surface area contributed by atoms with Crippen LogP contribution in [-0.2, 0) is 6.54 Å². The number of nitrogens with zero attached hydrogens (tertiary/aromatic N) is 2. The SMILES string of the molecule is C=CCNCc1nsc(OCC)n1. The van der Waals surface area contributed by atoms with Gasteiger partial charge >= 0.3 is 0 Å². The molecule has 1 N–H and O–H groups in total. The molecule has 0 saturated heterocycles. The second-order valence-electron chi connectivity index (χ2n) is 2.33. The van der Waals surface area contributed by atoms with Gasteiger partial charge < -0.3 is 10.1 Å². The van der Waals surface area contributed by atoms with Gasteiger partial charge in [0.15, 0.2) is 5.82 Å². The lowest BCUT2D eigenvalue weighted by molar-refractivity contribution is 0.337. The van der Waals surface area contributed by atoms with Gasteiger partial charge in [-0.25, -0.2) is 0 Å². The van der Waals surface area contributed by atoms with Crippen molar-refractivity contribution >= 4 is 11.5 Å². The molecular weight excluding hydrogens is 186 g/mol. The second kappa shape index (κ2) is 5.66. The summed E-state index contributed by atoms with van der Waals surface area (Å²) in [6.07, 6.45) is 1.80. The maximum Gasteiger partial charge on any atom is 0.293 e. The van der Waals surface area contributed by atoms with Gasteiger partial charge in [-0.1, -0.05) is 6.08 Å². The van der Waals surface area contributed by atoms with E-state index in [-0.39, 0.29) is 0 Å². The van der Waals surface area contributed by atoms with E-state index in [0.717, 1.165) is 12.4 Å². The third-order valence-electron chi connectivity index (χ3n) is 1.29. The predicted octanol–water partition coefficient (Wildman–Crippen LogP) is 1.21. The lowest BCUT2D eigenvalue weighted by Crippen LogP contribution is -2.13. The van der Waals surface area contributed by atoms with Crippen molar-refractivity contribution in [1.29, 1.82) is 0 Å². The Morgan fingerprint density at radius 2 is 2.54 bits per heavy atom. The van der Waals surface area contributed by atoms with Crippen LogP contribution >= 0.6 is 11.5 Å². The first-order valence-corrected chi connectivity index (χ1v) is 4.91. The zero-order chi connectivity index (χ0) is 9.52. The zero-order valence-electron chi connectivity index (χ0n) is 7.62. The molecule has 0 bridgehead atoms. The van der Waals surface area contributed by atoms with Gasteiger partial charge in [0.2, 0.25) is 0 Å². The van der Waals surface area contributed by atoms with Gasteiger partial charge in [0, 0.05) is 18.1 Å². The van der Waals surface area contributed by atoms with Crippen LogP contribution in [0, 0.1) is 0 Å². The fourth-order valence-electron chi connectivity index (χ4n) is 0.778. The fourth-order valence-corrected chi connectivity index (χ4v) is 1.38. The third kappa shape index (κ3) is 3.52. The molecule has 1 aromatic heterocycles. The maximum atomic E-state index is 5.19. The van der Waals surface area contributed by atoms with Crippen LogP contribution in [0.2, 0.25) is 0 Å². The minimum absolute atomic E-state index is 0.634. The average Bonchev–Trinajstić information content (AvgIpc) is 2.54. The van der Waals surface area contributed by atoms with Crippen molar-refractivity contribution in [2.75, 3.05) is 13.2 Å². The molecule has 0 amide bonds. The molecule has 5 heteroatoms. The topological polar surface area (TPSA) is 47.0 Å². The Morgan fingerprint density at radius 1 is 1.69 bits per heavy atom. The van der Waals surface area contributed by atoms with Crippen molar-refractivity contribution in [3.8, 4) is 5.19 Å². The van der Waals surface area contributed by atoms with Gasteiger partial charge in [0.05, 0.1) is 13.2 Å². The van der Waals surface area contributed by atoms with E-state index >= 15 is 0 Å². The van der Waals surface area contributed by atoms with Crippen LogP contribution in [0.25, 0.3) is 0 Å². The molecule has 0 atom stereocenters. The lowest BCUT2D eigenvalue weighted by Gasteiger charge is -1.95. The number of hydrogen-bond donors (Lipinski definition) is 1. The van der Waals surface area contributed by atoms with Crippen molar-refractivity contribution < 1.29 is 4.74 Å². The summed E-state index contributed by atoms with van der Waals surface area (Å²) in [6, 6.07) is 0. The minimum Gasteiger partial charge on any atom is -0.469 e. The molecular formula is C8H13N3OS. The first kappa shape index (κ1) is 10.1. The second-order valence-corrected chi connectivity index (χ2v) is 3.04. The summed E-state index contributed by atoms with van der Waals surface area (Å²) in [7, 11) is 0. The Kier molecular flexibility index (Phi) is 4.42. The van der Waals surface area contributed by atoms with Gasteiger partial charge in [-0.05, 0) is 6.92 Å². The molecule has 13 heavy (non-hydrogen) atoms. The largest absolute Gasteiger partial charge is 0.469 e. The number of rotatable bonds is 6. The number of ether oxygens (including phenoxy) is 1. The summed E-state index contributed by atoms with van der Waals surface area (Å²) in [6.45, 7) is 7.59. The van der Waals surface area contributed by atoms with Crippen LogP contribution in [0.1, 0.15) is 12.7 Å². The molecule has 0 spiro atoms. The molecule has 0 radical (unpaired) electrons. The van der Waals surface area contributed by atoms with Gasteiger partial charge in [0.1, 0.15) is 0 Å². The monoisotopic (exact) mass is 199 g/mol. The molecule has 4 nitrogen and oxygen atoms in total. The Morgan fingerprint density at radius 3 is 3.23 bits per heavy atom. The Balaban J connectivity index is 2.35. The molecule has 0 aromatic carbocycles. The van der Waals surface area contributed by atoms with Gasteiger partial charge in [-0.3, -0.25) is 0 Å². The van der Waals surface area contributed by atoms with Crippen LogP contribution in [0.4, 0.5) is 0 Å². The molecule has 0 unspecified atom stereocenters. The van der Waals surface area contributed by atoms with Gasteiger partial charge in [-0.2, -0.15) is 9.36 Å². The Bertz CT molecular complexity index is 262. The quantitative estimate of drug-likeness (QED) is 0.552.